The molecule has 0 aliphatic rings. The first-order valence-corrected chi connectivity index (χ1v) is 6.52. The fourth-order valence-corrected chi connectivity index (χ4v) is 1.70. The topological polar surface area (TPSA) is 74.0 Å². The van der Waals surface area contributed by atoms with Crippen LogP contribution in [0.4, 0.5) is 5.69 Å². The van der Waals surface area contributed by atoms with Gasteiger partial charge in [-0.05, 0) is 26.3 Å². The number of carbonyl (C=O) groups excluding carboxylic acids is 1. The molecule has 0 radical (unpaired) electrons. The Hall–Kier alpha value is -2.15. The molecule has 0 aliphatic carbocycles. The van der Waals surface area contributed by atoms with Gasteiger partial charge in [0, 0.05) is 12.8 Å². The summed E-state index contributed by atoms with van der Waals surface area (Å²) in [4.78, 5) is 12.1. The van der Waals surface area contributed by atoms with Gasteiger partial charge in [0.05, 0.1) is 24.3 Å². The number of nitrogens with one attached hydrogen (secondary N) is 1. The molecule has 1 N–H and O–H groups in total. The van der Waals surface area contributed by atoms with Gasteiger partial charge in [0.25, 0.3) is 0 Å². The van der Waals surface area contributed by atoms with Gasteiger partial charge in [0.1, 0.15) is 12.8 Å². The molecule has 0 bridgehead atoms. The van der Waals surface area contributed by atoms with Crippen LogP contribution in [0.15, 0.2) is 24.8 Å². The highest BCUT2D eigenvalue weighted by Crippen LogP contribution is 2.11. The average Bonchev–Trinajstić information content (AvgIpc) is 3.04. The van der Waals surface area contributed by atoms with Crippen molar-refractivity contribution in [1.29, 1.82) is 0 Å². The number of aryl methyl sites for hydroxylation is 1. The maximum absolute atomic E-state index is 12.1. The minimum atomic E-state index is -0.376. The monoisotopic (exact) mass is 277 g/mol. The van der Waals surface area contributed by atoms with E-state index in [1.54, 1.807) is 34.9 Å². The summed E-state index contributed by atoms with van der Waals surface area (Å²) in [5.74, 6) is -0.135. The van der Waals surface area contributed by atoms with Crippen LogP contribution in [0.1, 0.15) is 25.5 Å². The van der Waals surface area contributed by atoms with Crippen LogP contribution in [0.5, 0.6) is 0 Å². The summed E-state index contributed by atoms with van der Waals surface area (Å²) >= 11 is 0. The zero-order valence-electron chi connectivity index (χ0n) is 11.9. The van der Waals surface area contributed by atoms with Crippen molar-refractivity contribution in [2.75, 3.05) is 11.9 Å². The van der Waals surface area contributed by atoms with E-state index < -0.39 is 0 Å². The summed E-state index contributed by atoms with van der Waals surface area (Å²) in [5, 5.41) is 11.0. The zero-order valence-corrected chi connectivity index (χ0v) is 11.9. The van der Waals surface area contributed by atoms with Crippen LogP contribution in [-0.2, 0) is 16.3 Å². The highest BCUT2D eigenvalue weighted by molar-refractivity contribution is 5.93. The second-order valence-electron chi connectivity index (χ2n) is 4.55. The van der Waals surface area contributed by atoms with Gasteiger partial charge in [-0.15, -0.1) is 0 Å². The third kappa shape index (κ3) is 3.45. The molecule has 0 saturated carbocycles. The second-order valence-corrected chi connectivity index (χ2v) is 4.55. The molecule has 2 aromatic heterocycles. The van der Waals surface area contributed by atoms with Gasteiger partial charge in [-0.2, -0.15) is 10.2 Å². The van der Waals surface area contributed by atoms with Crippen molar-refractivity contribution in [3.8, 4) is 0 Å². The third-order valence-electron chi connectivity index (χ3n) is 2.84. The average molecular weight is 277 g/mol. The molecule has 108 valence electrons. The van der Waals surface area contributed by atoms with Crippen LogP contribution in [-0.4, -0.2) is 32.1 Å². The lowest BCUT2D eigenvalue weighted by atomic mass is 10.3. The molecule has 1 amide bonds. The maximum Gasteiger partial charge on any atom is 0.249 e. The van der Waals surface area contributed by atoms with Gasteiger partial charge in [0.15, 0.2) is 0 Å². The number of hydrogen-bond donors (Lipinski definition) is 1. The fourth-order valence-electron chi connectivity index (χ4n) is 1.70. The molecular weight excluding hydrogens is 258 g/mol. The summed E-state index contributed by atoms with van der Waals surface area (Å²) in [7, 11) is 0. The molecule has 20 heavy (non-hydrogen) atoms. The molecule has 2 rings (SSSR count). The van der Waals surface area contributed by atoms with E-state index in [2.05, 4.69) is 15.5 Å². The number of carbonyl (C=O) groups is 1. The normalized spacial score (nSPS) is 12.3. The zero-order chi connectivity index (χ0) is 14.5. The van der Waals surface area contributed by atoms with E-state index in [1.807, 2.05) is 20.0 Å². The fraction of sp³-hybridized carbons (Fsp3) is 0.462. The standard InChI is InChI=1S/C13H19N5O2/c1-4-20-9-17-8-12(6-14-17)16-13(19)11(3)18-7-10(2)5-15-18/h5-8,11H,4,9H2,1-3H3,(H,16,19). The number of amides is 1. The Morgan fingerprint density at radius 2 is 2.20 bits per heavy atom. The van der Waals surface area contributed by atoms with Gasteiger partial charge in [-0.1, -0.05) is 0 Å². The van der Waals surface area contributed by atoms with E-state index in [1.165, 1.54) is 0 Å². The molecule has 1 unspecified atom stereocenters. The number of aromatic nitrogens is 4. The van der Waals surface area contributed by atoms with Crippen LogP contribution in [0.2, 0.25) is 0 Å². The van der Waals surface area contributed by atoms with Crippen LogP contribution in [0, 0.1) is 6.92 Å². The summed E-state index contributed by atoms with van der Waals surface area (Å²) in [6, 6.07) is -0.376. The van der Waals surface area contributed by atoms with E-state index in [-0.39, 0.29) is 11.9 Å². The van der Waals surface area contributed by atoms with Crippen molar-refractivity contribution in [2.24, 2.45) is 0 Å². The number of hydrogen-bond acceptors (Lipinski definition) is 4. The molecular formula is C13H19N5O2. The number of ether oxygens (including phenoxy) is 1. The van der Waals surface area contributed by atoms with Gasteiger partial charge in [-0.25, -0.2) is 4.68 Å². The van der Waals surface area contributed by atoms with E-state index in [9.17, 15) is 4.79 Å². The molecule has 0 aromatic carbocycles. The van der Waals surface area contributed by atoms with Crippen LogP contribution in [0.3, 0.4) is 0 Å². The van der Waals surface area contributed by atoms with E-state index in [4.69, 9.17) is 4.74 Å². The number of rotatable bonds is 6. The van der Waals surface area contributed by atoms with E-state index >= 15 is 0 Å². The third-order valence-corrected chi connectivity index (χ3v) is 2.84. The molecule has 0 fully saturated rings. The first-order valence-electron chi connectivity index (χ1n) is 6.52. The number of nitrogens with zero attached hydrogens (tertiary/aromatic N) is 4. The van der Waals surface area contributed by atoms with Gasteiger partial charge in [0.2, 0.25) is 5.91 Å². The molecule has 1 atom stereocenters. The molecule has 0 spiro atoms. The lowest BCUT2D eigenvalue weighted by molar-refractivity contribution is -0.119. The van der Waals surface area contributed by atoms with Crippen LogP contribution in [0.25, 0.3) is 0 Å². The first kappa shape index (κ1) is 14.3. The van der Waals surface area contributed by atoms with Gasteiger partial charge < -0.3 is 10.1 Å². The Labute approximate surface area is 117 Å². The molecule has 0 aliphatic heterocycles. The summed E-state index contributed by atoms with van der Waals surface area (Å²) in [5.41, 5.74) is 1.67. The summed E-state index contributed by atoms with van der Waals surface area (Å²) in [6.45, 7) is 6.65. The Bertz CT molecular complexity index is 575. The van der Waals surface area contributed by atoms with Crippen molar-refractivity contribution >= 4 is 11.6 Å². The Kier molecular flexibility index (Phi) is 4.52. The van der Waals surface area contributed by atoms with Crippen molar-refractivity contribution in [2.45, 2.75) is 33.5 Å². The van der Waals surface area contributed by atoms with Crippen molar-refractivity contribution in [1.82, 2.24) is 19.6 Å². The smallest absolute Gasteiger partial charge is 0.249 e. The summed E-state index contributed by atoms with van der Waals surface area (Å²) in [6.07, 6.45) is 6.89. The molecule has 7 heteroatoms. The quantitative estimate of drug-likeness (QED) is 0.870. The van der Waals surface area contributed by atoms with Gasteiger partial charge in [-0.3, -0.25) is 9.48 Å². The molecule has 2 heterocycles. The largest absolute Gasteiger partial charge is 0.360 e. The predicted molar refractivity (Wildman–Crippen MR) is 74.2 cm³/mol. The minimum Gasteiger partial charge on any atom is -0.360 e. The SMILES string of the molecule is CCOCn1cc(NC(=O)C(C)n2cc(C)cn2)cn1. The Morgan fingerprint density at radius 3 is 2.85 bits per heavy atom. The predicted octanol–water partition coefficient (Wildman–Crippen LogP) is 1.58. The lowest BCUT2D eigenvalue weighted by Crippen LogP contribution is -2.23. The lowest BCUT2D eigenvalue weighted by Gasteiger charge is -2.11. The van der Waals surface area contributed by atoms with Crippen molar-refractivity contribution in [3.05, 3.63) is 30.4 Å². The van der Waals surface area contributed by atoms with E-state index in [0.717, 1.165) is 5.56 Å². The minimum absolute atomic E-state index is 0.135. The Balaban J connectivity index is 1.95. The van der Waals surface area contributed by atoms with Crippen molar-refractivity contribution in [3.63, 3.8) is 0 Å². The molecule has 0 saturated heterocycles. The second kappa shape index (κ2) is 6.33. The molecule has 2 aromatic rings. The molecule has 7 nitrogen and oxygen atoms in total. The van der Waals surface area contributed by atoms with E-state index in [0.29, 0.717) is 19.0 Å². The number of anilines is 1. The highest BCUT2D eigenvalue weighted by Gasteiger charge is 2.16. The van der Waals surface area contributed by atoms with Gasteiger partial charge >= 0.3 is 0 Å². The van der Waals surface area contributed by atoms with Crippen molar-refractivity contribution < 1.29 is 9.53 Å². The first-order chi connectivity index (χ1) is 9.60. The van der Waals surface area contributed by atoms with Crippen LogP contribution < -0.4 is 5.32 Å². The maximum atomic E-state index is 12.1. The summed E-state index contributed by atoms with van der Waals surface area (Å²) < 4.78 is 8.49. The highest BCUT2D eigenvalue weighted by atomic mass is 16.5. The Morgan fingerprint density at radius 1 is 1.40 bits per heavy atom. The van der Waals surface area contributed by atoms with Crippen LogP contribution >= 0.6 is 0 Å².